The molecule has 1 aromatic heterocycles. The van der Waals surface area contributed by atoms with Crippen molar-refractivity contribution >= 4 is 26.9 Å². The van der Waals surface area contributed by atoms with E-state index in [2.05, 4.69) is 9.71 Å². The van der Waals surface area contributed by atoms with Crippen LogP contribution in [0, 0.1) is 0 Å². The average Bonchev–Trinajstić information content (AvgIpc) is 2.97. The lowest BCUT2D eigenvalue weighted by molar-refractivity contribution is 0.0696. The molecule has 0 atom stereocenters. The summed E-state index contributed by atoms with van der Waals surface area (Å²) in [7, 11) is -3.81. The van der Waals surface area contributed by atoms with E-state index < -0.39 is 16.0 Å². The van der Waals surface area contributed by atoms with Gasteiger partial charge in [-0.05, 0) is 43.7 Å². The van der Waals surface area contributed by atoms with Crippen LogP contribution in [0.4, 0.5) is 0 Å². The van der Waals surface area contributed by atoms with Crippen molar-refractivity contribution in [2.24, 2.45) is 0 Å². The Labute approximate surface area is 145 Å². The molecule has 0 fully saturated rings. The van der Waals surface area contributed by atoms with Gasteiger partial charge in [-0.2, -0.15) is 0 Å². The molecule has 0 saturated heterocycles. The number of para-hydroxylation sites is 1. The Morgan fingerprint density at radius 1 is 1.16 bits per heavy atom. The highest BCUT2D eigenvalue weighted by atomic mass is 32.2. The van der Waals surface area contributed by atoms with Crippen LogP contribution in [0.25, 0.3) is 22.0 Å². The predicted octanol–water partition coefficient (Wildman–Crippen LogP) is 3.22. The van der Waals surface area contributed by atoms with Crippen LogP contribution in [0.2, 0.25) is 0 Å². The van der Waals surface area contributed by atoms with Crippen LogP contribution >= 0.6 is 0 Å². The maximum Gasteiger partial charge on any atom is 0.335 e. The van der Waals surface area contributed by atoms with E-state index in [4.69, 9.17) is 0 Å². The molecule has 7 heteroatoms. The van der Waals surface area contributed by atoms with Gasteiger partial charge in [0.15, 0.2) is 0 Å². The van der Waals surface area contributed by atoms with E-state index in [1.165, 1.54) is 18.2 Å². The highest BCUT2D eigenvalue weighted by molar-refractivity contribution is 7.89. The minimum atomic E-state index is -3.81. The molecule has 1 heterocycles. The Morgan fingerprint density at radius 3 is 2.56 bits per heavy atom. The molecule has 3 aromatic rings. The fraction of sp³-hybridized carbons (Fsp3) is 0.167. The summed E-state index contributed by atoms with van der Waals surface area (Å²) in [5.41, 5.74) is 2.09. The van der Waals surface area contributed by atoms with Crippen LogP contribution in [-0.4, -0.2) is 30.5 Å². The van der Waals surface area contributed by atoms with Crippen LogP contribution in [0.1, 0.15) is 24.2 Å². The monoisotopic (exact) mass is 358 g/mol. The van der Waals surface area contributed by atoms with E-state index >= 15 is 0 Å². The van der Waals surface area contributed by atoms with E-state index in [1.54, 1.807) is 20.0 Å². The van der Waals surface area contributed by atoms with Crippen molar-refractivity contribution in [2.75, 3.05) is 0 Å². The third kappa shape index (κ3) is 3.42. The van der Waals surface area contributed by atoms with Crippen LogP contribution < -0.4 is 4.72 Å². The number of benzene rings is 2. The normalized spacial score (nSPS) is 12.0. The van der Waals surface area contributed by atoms with Gasteiger partial charge in [0.05, 0.1) is 10.5 Å². The molecule has 130 valence electrons. The number of H-pyrrole nitrogens is 1. The molecule has 3 N–H and O–H groups in total. The Balaban J connectivity index is 2.22. The molecule has 2 aromatic carbocycles. The van der Waals surface area contributed by atoms with Gasteiger partial charge in [0.1, 0.15) is 0 Å². The third-order valence-corrected chi connectivity index (χ3v) is 5.39. The lowest BCUT2D eigenvalue weighted by Gasteiger charge is -2.12. The fourth-order valence-corrected chi connectivity index (χ4v) is 4.04. The van der Waals surface area contributed by atoms with Gasteiger partial charge in [0, 0.05) is 28.7 Å². The summed E-state index contributed by atoms with van der Waals surface area (Å²) in [6.07, 6.45) is 1.75. The molecule has 0 aliphatic carbocycles. The number of aromatic amines is 1. The van der Waals surface area contributed by atoms with Crippen LogP contribution in [0.15, 0.2) is 53.6 Å². The number of sulfonamides is 1. The topological polar surface area (TPSA) is 99.3 Å². The van der Waals surface area contributed by atoms with Crippen molar-refractivity contribution in [3.8, 4) is 11.1 Å². The molecule has 0 amide bonds. The van der Waals surface area contributed by atoms with Gasteiger partial charge in [-0.1, -0.05) is 18.2 Å². The molecule has 0 unspecified atom stereocenters. The lowest BCUT2D eigenvalue weighted by Crippen LogP contribution is -2.30. The summed E-state index contributed by atoms with van der Waals surface area (Å²) in [5.74, 6) is -1.18. The zero-order chi connectivity index (χ0) is 18.2. The molecule has 0 bridgehead atoms. The molecule has 3 rings (SSSR count). The molecular weight excluding hydrogens is 340 g/mol. The molecule has 25 heavy (non-hydrogen) atoms. The van der Waals surface area contributed by atoms with Crippen LogP contribution in [0.5, 0.6) is 0 Å². The van der Waals surface area contributed by atoms with Crippen LogP contribution in [-0.2, 0) is 10.0 Å². The smallest absolute Gasteiger partial charge is 0.335 e. The van der Waals surface area contributed by atoms with E-state index in [-0.39, 0.29) is 16.5 Å². The maximum absolute atomic E-state index is 12.5. The van der Waals surface area contributed by atoms with E-state index in [9.17, 15) is 18.3 Å². The first-order valence-electron chi connectivity index (χ1n) is 7.75. The molecule has 0 saturated carbocycles. The molecule has 6 nitrogen and oxygen atoms in total. The first kappa shape index (κ1) is 17.2. The number of aromatic nitrogens is 1. The molecule has 0 spiro atoms. The number of nitrogens with one attached hydrogen (secondary N) is 2. The van der Waals surface area contributed by atoms with Crippen molar-refractivity contribution in [1.82, 2.24) is 9.71 Å². The Bertz CT molecular complexity index is 1050. The fourth-order valence-electron chi connectivity index (χ4n) is 2.72. The van der Waals surface area contributed by atoms with Crippen molar-refractivity contribution in [2.45, 2.75) is 24.8 Å². The second-order valence-electron chi connectivity index (χ2n) is 6.08. The van der Waals surface area contributed by atoms with Gasteiger partial charge < -0.3 is 10.1 Å². The van der Waals surface area contributed by atoms with Gasteiger partial charge in [0.25, 0.3) is 0 Å². The van der Waals surface area contributed by atoms with Crippen molar-refractivity contribution in [3.05, 3.63) is 54.2 Å². The quantitative estimate of drug-likeness (QED) is 0.652. The SMILES string of the molecule is CC(C)NS(=O)(=O)c1cc(C(=O)O)cc(-c2c[nH]c3ccccc23)c1. The Morgan fingerprint density at radius 2 is 1.88 bits per heavy atom. The van der Waals surface area contributed by atoms with Crippen LogP contribution in [0.3, 0.4) is 0 Å². The molecule has 0 aliphatic heterocycles. The molecule has 0 aliphatic rings. The highest BCUT2D eigenvalue weighted by Crippen LogP contribution is 2.31. The summed E-state index contributed by atoms with van der Waals surface area (Å²) in [6.45, 7) is 3.42. The first-order valence-corrected chi connectivity index (χ1v) is 9.23. The van der Waals surface area contributed by atoms with Crippen molar-refractivity contribution in [3.63, 3.8) is 0 Å². The van der Waals surface area contributed by atoms with Crippen molar-refractivity contribution < 1.29 is 18.3 Å². The number of hydrogen-bond acceptors (Lipinski definition) is 3. The number of carboxylic acid groups (broad SMARTS) is 1. The number of fused-ring (bicyclic) bond motifs is 1. The van der Waals surface area contributed by atoms with Gasteiger partial charge in [-0.15, -0.1) is 0 Å². The van der Waals surface area contributed by atoms with Gasteiger partial charge >= 0.3 is 5.97 Å². The second-order valence-corrected chi connectivity index (χ2v) is 7.79. The highest BCUT2D eigenvalue weighted by Gasteiger charge is 2.20. The largest absolute Gasteiger partial charge is 0.478 e. The number of rotatable bonds is 5. The summed E-state index contributed by atoms with van der Waals surface area (Å²) in [4.78, 5) is 14.5. The van der Waals surface area contributed by atoms with Gasteiger partial charge in [-0.3, -0.25) is 0 Å². The second kappa shape index (κ2) is 6.34. The summed E-state index contributed by atoms with van der Waals surface area (Å²) in [5, 5.41) is 10.3. The van der Waals surface area contributed by atoms with Crippen molar-refractivity contribution in [1.29, 1.82) is 0 Å². The Kier molecular flexibility index (Phi) is 4.36. The number of hydrogen-bond donors (Lipinski definition) is 3. The maximum atomic E-state index is 12.5. The number of aromatic carboxylic acids is 1. The number of carbonyl (C=O) groups is 1. The first-order chi connectivity index (χ1) is 11.8. The number of carboxylic acids is 1. The lowest BCUT2D eigenvalue weighted by atomic mass is 10.0. The Hall–Kier alpha value is -2.64. The summed E-state index contributed by atoms with van der Waals surface area (Å²) < 4.78 is 27.5. The van der Waals surface area contributed by atoms with Gasteiger partial charge in [-0.25, -0.2) is 17.9 Å². The minimum absolute atomic E-state index is 0.0682. The standard InChI is InChI=1S/C18H18N2O4S/c1-11(2)20-25(23,24)14-8-12(7-13(9-14)18(21)22)16-10-19-17-6-4-3-5-15(16)17/h3-11,19-20H,1-2H3,(H,21,22). The minimum Gasteiger partial charge on any atom is -0.478 e. The van der Waals surface area contributed by atoms with E-state index in [0.717, 1.165) is 16.5 Å². The zero-order valence-electron chi connectivity index (χ0n) is 13.8. The summed E-state index contributed by atoms with van der Waals surface area (Å²) in [6, 6.07) is 11.4. The zero-order valence-corrected chi connectivity index (χ0v) is 14.6. The third-order valence-electron chi connectivity index (χ3n) is 3.75. The molecule has 0 radical (unpaired) electrons. The van der Waals surface area contributed by atoms with Gasteiger partial charge in [0.2, 0.25) is 10.0 Å². The average molecular weight is 358 g/mol. The van der Waals surface area contributed by atoms with E-state index in [0.29, 0.717) is 5.56 Å². The molecular formula is C18H18N2O4S. The summed E-state index contributed by atoms with van der Waals surface area (Å²) >= 11 is 0. The van der Waals surface area contributed by atoms with E-state index in [1.807, 2.05) is 24.3 Å². The predicted molar refractivity (Wildman–Crippen MR) is 96.2 cm³/mol.